The van der Waals surface area contributed by atoms with E-state index in [1.807, 2.05) is 61.2 Å². The van der Waals surface area contributed by atoms with Crippen molar-refractivity contribution < 1.29 is 9.53 Å². The summed E-state index contributed by atoms with van der Waals surface area (Å²) in [5.74, 6) is 0.591. The fourth-order valence-corrected chi connectivity index (χ4v) is 3.64. The molecule has 0 aliphatic carbocycles. The van der Waals surface area contributed by atoms with Crippen LogP contribution in [0.2, 0.25) is 0 Å². The highest BCUT2D eigenvalue weighted by Crippen LogP contribution is 2.21. The minimum absolute atomic E-state index is 0.199. The molecule has 3 aromatic rings. The summed E-state index contributed by atoms with van der Waals surface area (Å²) in [4.78, 5) is 12.8. The molecule has 7 heteroatoms. The molecule has 0 spiro atoms. The number of aromatic nitrogens is 2. The molecular formula is C20H22N4O2S. The number of thiophene rings is 1. The van der Waals surface area contributed by atoms with Crippen LogP contribution in [-0.2, 0) is 6.54 Å². The lowest BCUT2D eigenvalue weighted by molar-refractivity contribution is 0.0958. The van der Waals surface area contributed by atoms with Crippen LogP contribution in [0, 0.1) is 20.8 Å². The highest BCUT2D eigenvalue weighted by atomic mass is 32.1. The van der Waals surface area contributed by atoms with Gasteiger partial charge in [-0.2, -0.15) is 10.2 Å². The van der Waals surface area contributed by atoms with Crippen LogP contribution in [0.4, 0.5) is 0 Å². The molecule has 0 saturated carbocycles. The van der Waals surface area contributed by atoms with Crippen molar-refractivity contribution in [2.24, 2.45) is 5.10 Å². The molecule has 1 amide bonds. The number of nitrogens with zero attached hydrogens (tertiary/aromatic N) is 3. The summed E-state index contributed by atoms with van der Waals surface area (Å²) in [6.07, 6.45) is 1.63. The molecule has 2 aromatic heterocycles. The van der Waals surface area contributed by atoms with Crippen molar-refractivity contribution >= 4 is 23.5 Å². The molecule has 0 aliphatic heterocycles. The Kier molecular flexibility index (Phi) is 5.71. The van der Waals surface area contributed by atoms with Crippen molar-refractivity contribution in [2.45, 2.75) is 27.3 Å². The number of nitrogens with one attached hydrogen (secondary N) is 1. The van der Waals surface area contributed by atoms with E-state index in [2.05, 4.69) is 15.6 Å². The molecule has 0 saturated heterocycles. The minimum Gasteiger partial charge on any atom is -0.496 e. The maximum absolute atomic E-state index is 12.1. The summed E-state index contributed by atoms with van der Waals surface area (Å²) in [5.41, 5.74) is 7.46. The van der Waals surface area contributed by atoms with E-state index in [9.17, 15) is 4.79 Å². The zero-order valence-electron chi connectivity index (χ0n) is 15.8. The number of aryl methyl sites for hydroxylation is 3. The summed E-state index contributed by atoms with van der Waals surface area (Å²) >= 11 is 1.40. The fourth-order valence-electron chi connectivity index (χ4n) is 2.82. The lowest BCUT2D eigenvalue weighted by atomic mass is 10.1. The van der Waals surface area contributed by atoms with Crippen LogP contribution in [0.15, 0.2) is 40.8 Å². The molecule has 140 valence electrons. The molecule has 1 aromatic carbocycles. The van der Waals surface area contributed by atoms with Gasteiger partial charge in [-0.25, -0.2) is 5.43 Å². The van der Waals surface area contributed by atoms with E-state index >= 15 is 0 Å². The molecule has 0 fully saturated rings. The average Bonchev–Trinajstić information content (AvgIpc) is 3.20. The Morgan fingerprint density at radius 2 is 2.11 bits per heavy atom. The van der Waals surface area contributed by atoms with Crippen LogP contribution < -0.4 is 10.2 Å². The first-order valence-corrected chi connectivity index (χ1v) is 9.41. The first kappa shape index (κ1) is 18.8. The molecule has 6 nitrogen and oxygen atoms in total. The largest absolute Gasteiger partial charge is 0.496 e. The Morgan fingerprint density at radius 3 is 2.74 bits per heavy atom. The summed E-state index contributed by atoms with van der Waals surface area (Å²) in [6, 6.07) is 9.74. The van der Waals surface area contributed by atoms with Gasteiger partial charge in [-0.15, -0.1) is 11.3 Å². The number of hydrogen-bond donors (Lipinski definition) is 1. The van der Waals surface area contributed by atoms with Crippen molar-refractivity contribution in [3.63, 3.8) is 0 Å². The molecule has 0 aliphatic rings. The summed E-state index contributed by atoms with van der Waals surface area (Å²) in [5, 5.41) is 10.5. The Labute approximate surface area is 162 Å². The number of methoxy groups -OCH3 is 1. The van der Waals surface area contributed by atoms with Gasteiger partial charge in [0, 0.05) is 11.3 Å². The van der Waals surface area contributed by atoms with Gasteiger partial charge in [-0.1, -0.05) is 0 Å². The number of carbonyl (C=O) groups excluding carboxylic acids is 1. The molecule has 27 heavy (non-hydrogen) atoms. The van der Waals surface area contributed by atoms with Crippen LogP contribution in [0.1, 0.15) is 37.7 Å². The smallest absolute Gasteiger partial charge is 0.281 e. The second-order valence-corrected chi connectivity index (χ2v) is 7.20. The zero-order chi connectivity index (χ0) is 19.4. The number of rotatable bonds is 6. The first-order chi connectivity index (χ1) is 13.0. The van der Waals surface area contributed by atoms with Crippen molar-refractivity contribution in [2.75, 3.05) is 7.11 Å². The van der Waals surface area contributed by atoms with E-state index in [0.717, 1.165) is 33.8 Å². The zero-order valence-corrected chi connectivity index (χ0v) is 16.6. The average molecular weight is 382 g/mol. The predicted molar refractivity (Wildman–Crippen MR) is 108 cm³/mol. The molecule has 0 bridgehead atoms. The minimum atomic E-state index is -0.199. The van der Waals surface area contributed by atoms with Gasteiger partial charge in [0.1, 0.15) is 5.75 Å². The van der Waals surface area contributed by atoms with Gasteiger partial charge in [0.25, 0.3) is 5.91 Å². The van der Waals surface area contributed by atoms with E-state index in [-0.39, 0.29) is 5.91 Å². The van der Waals surface area contributed by atoms with Crippen molar-refractivity contribution in [3.8, 4) is 5.75 Å². The van der Waals surface area contributed by atoms with E-state index in [0.29, 0.717) is 11.4 Å². The highest BCUT2D eigenvalue weighted by Gasteiger charge is 2.10. The molecule has 2 heterocycles. The van der Waals surface area contributed by atoms with Crippen LogP contribution >= 0.6 is 11.3 Å². The normalized spacial score (nSPS) is 11.1. The van der Waals surface area contributed by atoms with Gasteiger partial charge < -0.3 is 4.74 Å². The van der Waals surface area contributed by atoms with Crippen LogP contribution in [0.25, 0.3) is 0 Å². The summed E-state index contributed by atoms with van der Waals surface area (Å²) < 4.78 is 7.41. The molecule has 0 radical (unpaired) electrons. The monoisotopic (exact) mass is 382 g/mol. The van der Waals surface area contributed by atoms with Gasteiger partial charge in [0.15, 0.2) is 0 Å². The number of amides is 1. The highest BCUT2D eigenvalue weighted by molar-refractivity contribution is 7.12. The Bertz CT molecular complexity index is 988. The molecule has 3 rings (SSSR count). The maximum Gasteiger partial charge on any atom is 0.281 e. The Morgan fingerprint density at radius 1 is 1.30 bits per heavy atom. The third-order valence-corrected chi connectivity index (χ3v) is 5.19. The van der Waals surface area contributed by atoms with E-state index in [4.69, 9.17) is 4.74 Å². The van der Waals surface area contributed by atoms with Gasteiger partial charge in [-0.05, 0) is 67.6 Å². The Hall–Kier alpha value is -2.93. The van der Waals surface area contributed by atoms with Gasteiger partial charge >= 0.3 is 0 Å². The van der Waals surface area contributed by atoms with Gasteiger partial charge in [-0.3, -0.25) is 9.48 Å². The number of hydrazone groups is 1. The quantitative estimate of drug-likeness (QED) is 0.522. The Balaban J connectivity index is 1.75. The molecule has 0 unspecified atom stereocenters. The second kappa shape index (κ2) is 8.18. The SMILES string of the molecule is COc1ccc(C=NNC(=O)c2sccc2C)cc1Cn1nc(C)cc1C. The second-order valence-electron chi connectivity index (χ2n) is 6.29. The predicted octanol–water partition coefficient (Wildman–Crippen LogP) is 3.69. The van der Waals surface area contributed by atoms with E-state index < -0.39 is 0 Å². The first-order valence-electron chi connectivity index (χ1n) is 8.53. The van der Waals surface area contributed by atoms with Crippen molar-refractivity contribution in [1.29, 1.82) is 0 Å². The summed E-state index contributed by atoms with van der Waals surface area (Å²) in [6.45, 7) is 6.51. The fraction of sp³-hybridized carbons (Fsp3) is 0.250. The van der Waals surface area contributed by atoms with Crippen LogP contribution in [-0.4, -0.2) is 29.0 Å². The maximum atomic E-state index is 12.1. The molecule has 0 atom stereocenters. The van der Waals surface area contributed by atoms with Crippen LogP contribution in [0.3, 0.4) is 0 Å². The topological polar surface area (TPSA) is 68.5 Å². The lowest BCUT2D eigenvalue weighted by Gasteiger charge is -2.11. The van der Waals surface area contributed by atoms with Crippen molar-refractivity contribution in [3.05, 3.63) is 68.7 Å². The molecule has 1 N–H and O–H groups in total. The third kappa shape index (κ3) is 4.43. The standard InChI is InChI=1S/C20H22N4O2S/c1-13-7-8-27-19(13)20(25)22-21-11-16-5-6-18(26-4)17(10-16)12-24-15(3)9-14(2)23-24/h5-11H,12H2,1-4H3,(H,22,25). The van der Waals surface area contributed by atoms with E-state index in [1.54, 1.807) is 13.3 Å². The van der Waals surface area contributed by atoms with Gasteiger partial charge in [0.05, 0.1) is 30.4 Å². The number of hydrogen-bond acceptors (Lipinski definition) is 5. The number of ether oxygens (including phenoxy) is 1. The number of carbonyl (C=O) groups is 1. The van der Waals surface area contributed by atoms with Gasteiger partial charge in [0.2, 0.25) is 0 Å². The third-order valence-electron chi connectivity index (χ3n) is 4.18. The van der Waals surface area contributed by atoms with Crippen LogP contribution in [0.5, 0.6) is 5.75 Å². The van der Waals surface area contributed by atoms with Crippen molar-refractivity contribution in [1.82, 2.24) is 15.2 Å². The summed E-state index contributed by atoms with van der Waals surface area (Å²) in [7, 11) is 1.65. The van der Waals surface area contributed by atoms with E-state index in [1.165, 1.54) is 11.3 Å². The molecular weight excluding hydrogens is 360 g/mol. The number of benzene rings is 1. The lowest BCUT2D eigenvalue weighted by Crippen LogP contribution is -2.17.